The first-order valence-corrected chi connectivity index (χ1v) is 7.63. The van der Waals surface area contributed by atoms with Crippen LogP contribution in [0.3, 0.4) is 0 Å². The Morgan fingerprint density at radius 3 is 2.73 bits per heavy atom. The summed E-state index contributed by atoms with van der Waals surface area (Å²) in [5, 5.41) is 19.5. The van der Waals surface area contributed by atoms with Gasteiger partial charge in [-0.2, -0.15) is 0 Å². The molecule has 2 N–H and O–H groups in total. The second-order valence-electron chi connectivity index (χ2n) is 4.60. The standard InChI is InChI=1S/C14H16N4O3S/c1-10-2-4-11(5-3-10)18-9-16-17-14(18)22-8-12(19)15-7-6-13(20)21/h2-5,9H,6-8H2,1H3,(H,15,19)(H,20,21). The molecule has 0 bridgehead atoms. The fourth-order valence-corrected chi connectivity index (χ4v) is 2.45. The van der Waals surface area contributed by atoms with Gasteiger partial charge in [-0.1, -0.05) is 29.5 Å². The highest BCUT2D eigenvalue weighted by atomic mass is 32.2. The summed E-state index contributed by atoms with van der Waals surface area (Å²) < 4.78 is 1.80. The van der Waals surface area contributed by atoms with Crippen LogP contribution >= 0.6 is 11.8 Å². The van der Waals surface area contributed by atoms with Gasteiger partial charge in [0.25, 0.3) is 0 Å². The molecule has 0 radical (unpaired) electrons. The first-order valence-electron chi connectivity index (χ1n) is 6.64. The second-order valence-corrected chi connectivity index (χ2v) is 5.54. The van der Waals surface area contributed by atoms with E-state index in [1.165, 1.54) is 11.8 Å². The lowest BCUT2D eigenvalue weighted by molar-refractivity contribution is -0.136. The molecule has 0 saturated heterocycles. The van der Waals surface area contributed by atoms with Gasteiger partial charge in [0.2, 0.25) is 5.91 Å². The smallest absolute Gasteiger partial charge is 0.305 e. The number of aryl methyl sites for hydroxylation is 1. The topological polar surface area (TPSA) is 97.1 Å². The SMILES string of the molecule is Cc1ccc(-n2cnnc2SCC(=O)NCCC(=O)O)cc1. The van der Waals surface area contributed by atoms with Crippen LogP contribution in [0.4, 0.5) is 0 Å². The van der Waals surface area contributed by atoms with Crippen LogP contribution in [0.15, 0.2) is 35.7 Å². The average molecular weight is 320 g/mol. The fraction of sp³-hybridized carbons (Fsp3) is 0.286. The molecule has 0 aliphatic rings. The number of carbonyl (C=O) groups is 2. The first-order chi connectivity index (χ1) is 10.6. The average Bonchev–Trinajstić information content (AvgIpc) is 2.94. The third kappa shape index (κ3) is 4.59. The van der Waals surface area contributed by atoms with Gasteiger partial charge >= 0.3 is 5.97 Å². The van der Waals surface area contributed by atoms with Gasteiger partial charge in [-0.05, 0) is 19.1 Å². The normalized spacial score (nSPS) is 10.4. The van der Waals surface area contributed by atoms with Gasteiger partial charge in [-0.25, -0.2) is 0 Å². The first kappa shape index (κ1) is 16.0. The Morgan fingerprint density at radius 2 is 2.05 bits per heavy atom. The van der Waals surface area contributed by atoms with E-state index in [1.807, 2.05) is 31.2 Å². The van der Waals surface area contributed by atoms with Gasteiger partial charge in [-0.15, -0.1) is 10.2 Å². The third-order valence-electron chi connectivity index (χ3n) is 2.82. The number of aliphatic carboxylic acids is 1. The van der Waals surface area contributed by atoms with Crippen LogP contribution < -0.4 is 5.32 Å². The van der Waals surface area contributed by atoms with Crippen LogP contribution in [0.2, 0.25) is 0 Å². The minimum absolute atomic E-state index is 0.0873. The second kappa shape index (κ2) is 7.60. The Bertz CT molecular complexity index is 654. The largest absolute Gasteiger partial charge is 0.481 e. The highest BCUT2D eigenvalue weighted by Gasteiger charge is 2.10. The van der Waals surface area contributed by atoms with E-state index in [-0.39, 0.29) is 24.6 Å². The van der Waals surface area contributed by atoms with Crippen LogP contribution in [0, 0.1) is 6.92 Å². The Morgan fingerprint density at radius 1 is 1.32 bits per heavy atom. The van der Waals surface area contributed by atoms with Gasteiger partial charge in [0.05, 0.1) is 12.2 Å². The number of carboxylic acid groups (broad SMARTS) is 1. The molecule has 0 aliphatic heterocycles. The van der Waals surface area contributed by atoms with E-state index in [9.17, 15) is 9.59 Å². The summed E-state index contributed by atoms with van der Waals surface area (Å²) in [5.41, 5.74) is 2.08. The van der Waals surface area contributed by atoms with Crippen LogP contribution in [0.1, 0.15) is 12.0 Å². The van der Waals surface area contributed by atoms with Gasteiger partial charge in [0.1, 0.15) is 6.33 Å². The molecule has 2 rings (SSSR count). The number of aromatic nitrogens is 3. The molecular formula is C14H16N4O3S. The van der Waals surface area contributed by atoms with E-state index >= 15 is 0 Å². The highest BCUT2D eigenvalue weighted by molar-refractivity contribution is 7.99. The predicted octanol–water partition coefficient (Wildman–Crippen LogP) is 1.26. The molecule has 1 aromatic heterocycles. The molecule has 0 aliphatic carbocycles. The zero-order valence-corrected chi connectivity index (χ0v) is 12.8. The van der Waals surface area contributed by atoms with Crippen molar-refractivity contribution in [2.75, 3.05) is 12.3 Å². The molecule has 8 heteroatoms. The van der Waals surface area contributed by atoms with E-state index in [0.717, 1.165) is 11.3 Å². The van der Waals surface area contributed by atoms with Crippen molar-refractivity contribution < 1.29 is 14.7 Å². The third-order valence-corrected chi connectivity index (χ3v) is 3.77. The van der Waals surface area contributed by atoms with Crippen molar-refractivity contribution in [2.24, 2.45) is 0 Å². The summed E-state index contributed by atoms with van der Waals surface area (Å²) in [7, 11) is 0. The number of nitrogens with one attached hydrogen (secondary N) is 1. The van der Waals surface area contributed by atoms with Gasteiger partial charge in [-0.3, -0.25) is 14.2 Å². The molecule has 1 heterocycles. The lowest BCUT2D eigenvalue weighted by Crippen LogP contribution is -2.27. The highest BCUT2D eigenvalue weighted by Crippen LogP contribution is 2.19. The number of hydrogen-bond acceptors (Lipinski definition) is 5. The zero-order valence-electron chi connectivity index (χ0n) is 12.0. The van der Waals surface area contributed by atoms with Crippen LogP contribution in [-0.2, 0) is 9.59 Å². The number of hydrogen-bond donors (Lipinski definition) is 2. The number of thioether (sulfide) groups is 1. The summed E-state index contributed by atoms with van der Waals surface area (Å²) in [6.45, 7) is 2.13. The number of rotatable bonds is 7. The Kier molecular flexibility index (Phi) is 5.54. The van der Waals surface area contributed by atoms with E-state index < -0.39 is 5.97 Å². The molecule has 1 amide bonds. The molecule has 0 unspecified atom stereocenters. The predicted molar refractivity (Wildman–Crippen MR) is 82.1 cm³/mol. The molecule has 1 aromatic carbocycles. The molecule has 116 valence electrons. The number of amides is 1. The van der Waals surface area contributed by atoms with Crippen LogP contribution in [0.5, 0.6) is 0 Å². The lowest BCUT2D eigenvalue weighted by atomic mass is 10.2. The zero-order chi connectivity index (χ0) is 15.9. The maximum absolute atomic E-state index is 11.6. The maximum atomic E-state index is 11.6. The summed E-state index contributed by atoms with van der Waals surface area (Å²) in [5.74, 6) is -1.01. The summed E-state index contributed by atoms with van der Waals surface area (Å²) >= 11 is 1.25. The molecule has 7 nitrogen and oxygen atoms in total. The van der Waals surface area contributed by atoms with Crippen molar-refractivity contribution in [1.82, 2.24) is 20.1 Å². The Hall–Kier alpha value is -2.35. The van der Waals surface area contributed by atoms with Crippen molar-refractivity contribution in [3.05, 3.63) is 36.2 Å². The van der Waals surface area contributed by atoms with Gasteiger partial charge < -0.3 is 10.4 Å². The number of benzene rings is 1. The number of carbonyl (C=O) groups excluding carboxylic acids is 1. The number of carboxylic acids is 1. The van der Waals surface area contributed by atoms with Crippen LogP contribution in [0.25, 0.3) is 5.69 Å². The molecule has 0 spiro atoms. The molecule has 22 heavy (non-hydrogen) atoms. The van der Waals surface area contributed by atoms with Crippen molar-refractivity contribution in [1.29, 1.82) is 0 Å². The minimum atomic E-state index is -0.938. The van der Waals surface area contributed by atoms with E-state index in [0.29, 0.717) is 5.16 Å². The Balaban J connectivity index is 1.91. The molecule has 0 saturated carbocycles. The molecule has 2 aromatic rings. The summed E-state index contributed by atoms with van der Waals surface area (Å²) in [4.78, 5) is 22.0. The summed E-state index contributed by atoms with van der Waals surface area (Å²) in [6, 6.07) is 7.89. The fourth-order valence-electron chi connectivity index (χ4n) is 1.70. The minimum Gasteiger partial charge on any atom is -0.481 e. The van der Waals surface area contributed by atoms with E-state index in [2.05, 4.69) is 15.5 Å². The van der Waals surface area contributed by atoms with Crippen molar-refractivity contribution in [3.8, 4) is 5.69 Å². The monoisotopic (exact) mass is 320 g/mol. The van der Waals surface area contributed by atoms with Crippen molar-refractivity contribution in [3.63, 3.8) is 0 Å². The maximum Gasteiger partial charge on any atom is 0.305 e. The molecule has 0 atom stereocenters. The molecular weight excluding hydrogens is 304 g/mol. The number of nitrogens with zero attached hydrogens (tertiary/aromatic N) is 3. The van der Waals surface area contributed by atoms with Gasteiger partial charge in [0, 0.05) is 12.2 Å². The van der Waals surface area contributed by atoms with Crippen LogP contribution in [-0.4, -0.2) is 44.0 Å². The van der Waals surface area contributed by atoms with Crippen molar-refractivity contribution >= 4 is 23.6 Å². The quantitative estimate of drug-likeness (QED) is 0.745. The summed E-state index contributed by atoms with van der Waals surface area (Å²) in [6.07, 6.45) is 1.51. The lowest BCUT2D eigenvalue weighted by Gasteiger charge is -2.07. The van der Waals surface area contributed by atoms with E-state index in [4.69, 9.17) is 5.11 Å². The van der Waals surface area contributed by atoms with E-state index in [1.54, 1.807) is 10.9 Å². The Labute approximate surface area is 131 Å². The van der Waals surface area contributed by atoms with Gasteiger partial charge in [0.15, 0.2) is 5.16 Å². The molecule has 0 fully saturated rings. The van der Waals surface area contributed by atoms with Crippen molar-refractivity contribution in [2.45, 2.75) is 18.5 Å².